The zero-order chi connectivity index (χ0) is 11.0. The largest absolute Gasteiger partial charge is 0.370 e. The second-order valence-electron chi connectivity index (χ2n) is 4.33. The van der Waals surface area contributed by atoms with Gasteiger partial charge in [-0.1, -0.05) is 6.07 Å². The van der Waals surface area contributed by atoms with Gasteiger partial charge in [-0.25, -0.2) is 9.50 Å². The molecule has 84 valence electrons. The maximum absolute atomic E-state index is 5.69. The van der Waals surface area contributed by atoms with Crippen LogP contribution in [0.25, 0.3) is 5.65 Å². The van der Waals surface area contributed by atoms with Crippen molar-refractivity contribution in [2.45, 2.75) is 32.3 Å². The molecule has 1 fully saturated rings. The van der Waals surface area contributed by atoms with Crippen LogP contribution < -0.4 is 0 Å². The Morgan fingerprint density at radius 2 is 2.31 bits per heavy atom. The molecular weight excluding hydrogens is 202 g/mol. The van der Waals surface area contributed by atoms with Gasteiger partial charge in [-0.3, -0.25) is 0 Å². The standard InChI is InChI=1S/C12H15N3O/c1-9-5-6-11-13-12(14-15(11)8-9)10-4-2-3-7-16-10/h5-6,8,10H,2-4,7H2,1H3. The minimum Gasteiger partial charge on any atom is -0.370 e. The molecule has 4 nitrogen and oxygen atoms in total. The molecule has 1 aliphatic heterocycles. The molecule has 1 aliphatic rings. The Morgan fingerprint density at radius 1 is 1.38 bits per heavy atom. The molecule has 4 heteroatoms. The van der Waals surface area contributed by atoms with E-state index in [1.54, 1.807) is 0 Å². The lowest BCUT2D eigenvalue weighted by Gasteiger charge is -2.19. The van der Waals surface area contributed by atoms with Crippen molar-refractivity contribution >= 4 is 5.65 Å². The van der Waals surface area contributed by atoms with Gasteiger partial charge in [0.05, 0.1) is 0 Å². The van der Waals surface area contributed by atoms with Crippen molar-refractivity contribution in [3.05, 3.63) is 29.7 Å². The van der Waals surface area contributed by atoms with Gasteiger partial charge in [0.25, 0.3) is 0 Å². The van der Waals surface area contributed by atoms with Crippen molar-refractivity contribution in [2.24, 2.45) is 0 Å². The highest BCUT2D eigenvalue weighted by molar-refractivity contribution is 5.38. The van der Waals surface area contributed by atoms with Crippen LogP contribution in [0.15, 0.2) is 18.3 Å². The summed E-state index contributed by atoms with van der Waals surface area (Å²) in [6, 6.07) is 4.05. The van der Waals surface area contributed by atoms with Gasteiger partial charge in [0.1, 0.15) is 6.10 Å². The Labute approximate surface area is 94.3 Å². The third kappa shape index (κ3) is 1.69. The first-order valence-electron chi connectivity index (χ1n) is 5.77. The molecule has 1 atom stereocenters. The SMILES string of the molecule is Cc1ccc2nc(C3CCCCO3)nn2c1. The van der Waals surface area contributed by atoms with Crippen LogP contribution in [0, 0.1) is 6.92 Å². The van der Waals surface area contributed by atoms with Crippen molar-refractivity contribution < 1.29 is 4.74 Å². The van der Waals surface area contributed by atoms with E-state index in [-0.39, 0.29) is 6.10 Å². The number of pyridine rings is 1. The summed E-state index contributed by atoms with van der Waals surface area (Å²) in [7, 11) is 0. The first kappa shape index (κ1) is 9.78. The summed E-state index contributed by atoms with van der Waals surface area (Å²) >= 11 is 0. The number of aromatic nitrogens is 3. The first-order valence-corrected chi connectivity index (χ1v) is 5.77. The summed E-state index contributed by atoms with van der Waals surface area (Å²) in [5.74, 6) is 0.824. The summed E-state index contributed by atoms with van der Waals surface area (Å²) in [5.41, 5.74) is 2.09. The Morgan fingerprint density at radius 3 is 3.12 bits per heavy atom. The maximum atomic E-state index is 5.69. The zero-order valence-corrected chi connectivity index (χ0v) is 9.39. The molecule has 3 rings (SSSR count). The molecule has 16 heavy (non-hydrogen) atoms. The second kappa shape index (κ2) is 3.87. The number of ether oxygens (including phenoxy) is 1. The molecule has 0 spiro atoms. The molecule has 2 aromatic heterocycles. The molecule has 0 radical (unpaired) electrons. The van der Waals surface area contributed by atoms with E-state index in [1.165, 1.54) is 12.0 Å². The fraction of sp³-hybridized carbons (Fsp3) is 0.500. The number of hydrogen-bond acceptors (Lipinski definition) is 3. The van der Waals surface area contributed by atoms with Crippen molar-refractivity contribution in [3.63, 3.8) is 0 Å². The van der Waals surface area contributed by atoms with Gasteiger partial charge in [0.15, 0.2) is 11.5 Å². The van der Waals surface area contributed by atoms with Crippen LogP contribution in [-0.4, -0.2) is 21.2 Å². The van der Waals surface area contributed by atoms with Crippen molar-refractivity contribution in [2.75, 3.05) is 6.61 Å². The highest BCUT2D eigenvalue weighted by Crippen LogP contribution is 2.25. The van der Waals surface area contributed by atoms with Crippen LogP contribution in [0.2, 0.25) is 0 Å². The molecule has 0 amide bonds. The van der Waals surface area contributed by atoms with Crippen molar-refractivity contribution in [3.8, 4) is 0 Å². The van der Waals surface area contributed by atoms with Crippen molar-refractivity contribution in [1.29, 1.82) is 0 Å². The Hall–Kier alpha value is -1.42. The lowest BCUT2D eigenvalue weighted by Crippen LogP contribution is -2.12. The average Bonchev–Trinajstić information content (AvgIpc) is 2.73. The fourth-order valence-corrected chi connectivity index (χ4v) is 2.08. The van der Waals surface area contributed by atoms with E-state index in [4.69, 9.17) is 4.74 Å². The van der Waals surface area contributed by atoms with Crippen molar-refractivity contribution in [1.82, 2.24) is 14.6 Å². The fourth-order valence-electron chi connectivity index (χ4n) is 2.08. The van der Waals surface area contributed by atoms with Gasteiger partial charge in [-0.05, 0) is 37.8 Å². The van der Waals surface area contributed by atoms with E-state index in [9.17, 15) is 0 Å². The summed E-state index contributed by atoms with van der Waals surface area (Å²) in [4.78, 5) is 4.50. The van der Waals surface area contributed by atoms with Gasteiger partial charge < -0.3 is 4.74 Å². The van der Waals surface area contributed by atoms with Crippen LogP contribution in [0.3, 0.4) is 0 Å². The summed E-state index contributed by atoms with van der Waals surface area (Å²) < 4.78 is 7.52. The maximum Gasteiger partial charge on any atom is 0.180 e. The molecule has 2 aromatic rings. The molecule has 0 bridgehead atoms. The Balaban J connectivity index is 1.97. The second-order valence-corrected chi connectivity index (χ2v) is 4.33. The molecule has 0 aromatic carbocycles. The number of rotatable bonds is 1. The number of fused-ring (bicyclic) bond motifs is 1. The molecule has 1 unspecified atom stereocenters. The minimum atomic E-state index is 0.0916. The summed E-state index contributed by atoms with van der Waals surface area (Å²) in [5, 5.41) is 4.48. The van der Waals surface area contributed by atoms with Gasteiger partial charge in [0.2, 0.25) is 0 Å². The van der Waals surface area contributed by atoms with E-state index in [1.807, 2.05) is 16.8 Å². The van der Waals surface area contributed by atoms with E-state index in [2.05, 4.69) is 23.1 Å². The normalized spacial score (nSPS) is 21.4. The minimum absolute atomic E-state index is 0.0916. The molecule has 0 aliphatic carbocycles. The third-order valence-electron chi connectivity index (χ3n) is 2.96. The molecule has 0 saturated carbocycles. The van der Waals surface area contributed by atoms with Gasteiger partial charge in [-0.15, -0.1) is 5.10 Å². The Kier molecular flexibility index (Phi) is 2.36. The third-order valence-corrected chi connectivity index (χ3v) is 2.96. The van der Waals surface area contributed by atoms with Crippen LogP contribution >= 0.6 is 0 Å². The molecule has 1 saturated heterocycles. The predicted octanol–water partition coefficient (Wildman–Crippen LogP) is 2.28. The predicted molar refractivity (Wildman–Crippen MR) is 60.3 cm³/mol. The quantitative estimate of drug-likeness (QED) is 0.735. The number of nitrogens with zero attached hydrogens (tertiary/aromatic N) is 3. The van der Waals surface area contributed by atoms with Gasteiger partial charge >= 0.3 is 0 Å². The molecule has 0 N–H and O–H groups in total. The highest BCUT2D eigenvalue weighted by Gasteiger charge is 2.20. The first-order chi connectivity index (χ1) is 7.83. The summed E-state index contributed by atoms with van der Waals surface area (Å²) in [6.45, 7) is 2.89. The van der Waals surface area contributed by atoms with E-state index >= 15 is 0 Å². The van der Waals surface area contributed by atoms with Crippen LogP contribution in [0.1, 0.15) is 36.8 Å². The highest BCUT2D eigenvalue weighted by atomic mass is 16.5. The van der Waals surface area contributed by atoms with Gasteiger partial charge in [-0.2, -0.15) is 0 Å². The smallest absolute Gasteiger partial charge is 0.180 e. The molecular formula is C12H15N3O. The van der Waals surface area contributed by atoms with Crippen LogP contribution in [0.4, 0.5) is 0 Å². The average molecular weight is 217 g/mol. The number of hydrogen-bond donors (Lipinski definition) is 0. The van der Waals surface area contributed by atoms with Gasteiger partial charge in [0, 0.05) is 12.8 Å². The monoisotopic (exact) mass is 217 g/mol. The topological polar surface area (TPSA) is 39.4 Å². The van der Waals surface area contributed by atoms with E-state index in [0.29, 0.717) is 0 Å². The van der Waals surface area contributed by atoms with E-state index in [0.717, 1.165) is 30.9 Å². The van der Waals surface area contributed by atoms with Crippen LogP contribution in [-0.2, 0) is 4.74 Å². The molecule has 3 heterocycles. The Bertz CT molecular complexity index is 500. The lowest BCUT2D eigenvalue weighted by atomic mass is 10.1. The lowest BCUT2D eigenvalue weighted by molar-refractivity contribution is 0.00961. The van der Waals surface area contributed by atoms with E-state index < -0.39 is 0 Å². The zero-order valence-electron chi connectivity index (χ0n) is 9.39. The summed E-state index contributed by atoms with van der Waals surface area (Å²) in [6.07, 6.45) is 5.49. The number of aryl methyl sites for hydroxylation is 1. The van der Waals surface area contributed by atoms with Crippen LogP contribution in [0.5, 0.6) is 0 Å².